The smallest absolute Gasteiger partial charge is 0.305 e. The summed E-state index contributed by atoms with van der Waals surface area (Å²) in [5.41, 5.74) is 2.74. The zero-order valence-electron chi connectivity index (χ0n) is 37.5. The Morgan fingerprint density at radius 3 is 1.69 bits per heavy atom. The van der Waals surface area contributed by atoms with Crippen molar-refractivity contribution >= 4 is 23.9 Å². The van der Waals surface area contributed by atoms with Gasteiger partial charge in [0, 0.05) is 33.8 Å². The summed E-state index contributed by atoms with van der Waals surface area (Å²) in [7, 11) is 1.33. The van der Waals surface area contributed by atoms with Gasteiger partial charge in [0.15, 0.2) is 30.9 Å². The van der Waals surface area contributed by atoms with E-state index in [2.05, 4.69) is 6.58 Å². The Hall–Kier alpha value is -5.04. The van der Waals surface area contributed by atoms with Gasteiger partial charge < -0.3 is 56.8 Å². The van der Waals surface area contributed by atoms with E-state index in [9.17, 15) is 19.2 Å². The largest absolute Gasteiger partial charge is 0.469 e. The van der Waals surface area contributed by atoms with Crippen LogP contribution in [0.3, 0.4) is 0 Å². The number of methoxy groups -OCH3 is 1. The van der Waals surface area contributed by atoms with Crippen LogP contribution in [0.2, 0.25) is 0 Å². The number of hydrogen-bond donors (Lipinski definition) is 0. The van der Waals surface area contributed by atoms with Crippen LogP contribution in [0.4, 0.5) is 0 Å². The van der Waals surface area contributed by atoms with E-state index in [1.54, 1.807) is 6.08 Å². The number of benzene rings is 3. The third kappa shape index (κ3) is 16.7. The molecule has 5 rings (SSSR count). The SMILES string of the molecule is C=CCO[C@H]1[C@H](O[C@H]2[C@@H](OCCCCCC(=O)OC)O[C@H](COC(C)=O)[C@@H](OC(C)=O)[C@@H]2OC(C)=O)O[C@H](COCc2ccccc2)[C@@H](OCc2ccccc2)[C@@H]1OCc1ccccc1. The van der Waals surface area contributed by atoms with Crippen LogP contribution >= 0.6 is 0 Å². The molecule has 0 aliphatic carbocycles. The Morgan fingerprint density at radius 1 is 0.569 bits per heavy atom. The van der Waals surface area contributed by atoms with Gasteiger partial charge in [-0.25, -0.2) is 0 Å². The van der Waals surface area contributed by atoms with Crippen LogP contribution in [-0.4, -0.2) is 119 Å². The minimum Gasteiger partial charge on any atom is -0.469 e. The first-order valence-corrected chi connectivity index (χ1v) is 21.8. The molecule has 0 spiro atoms. The molecule has 3 aromatic rings. The van der Waals surface area contributed by atoms with Crippen molar-refractivity contribution in [1.29, 1.82) is 0 Å². The summed E-state index contributed by atoms with van der Waals surface area (Å²) in [5.74, 6) is -2.40. The first kappa shape index (κ1) is 51.0. The number of ether oxygens (including phenoxy) is 12. The van der Waals surface area contributed by atoms with E-state index < -0.39 is 79.3 Å². The maximum Gasteiger partial charge on any atom is 0.305 e. The van der Waals surface area contributed by atoms with Crippen molar-refractivity contribution in [3.63, 3.8) is 0 Å². The van der Waals surface area contributed by atoms with Gasteiger partial charge in [0.2, 0.25) is 0 Å². The molecule has 2 aliphatic heterocycles. The molecular formula is C49H62O16. The average Bonchev–Trinajstić information content (AvgIpc) is 3.30. The molecule has 354 valence electrons. The highest BCUT2D eigenvalue weighted by molar-refractivity contribution is 5.69. The molecule has 0 unspecified atom stereocenters. The molecule has 3 aromatic carbocycles. The summed E-state index contributed by atoms with van der Waals surface area (Å²) in [6.07, 6.45) is -7.98. The van der Waals surface area contributed by atoms with Gasteiger partial charge in [-0.15, -0.1) is 6.58 Å². The Balaban J connectivity index is 1.54. The standard InChI is InChI=1S/C49H62O16/c1-6-26-56-46-44(60-30-38-23-15-9-16-24-38)42(59-29-37-21-13-8-14-22-37)39(31-55-28-36-19-11-7-12-20-36)64-49(46)65-47-45(62-35(4)52)43(61-34(3)51)40(32-58-33(2)50)63-48(47)57-27-18-10-17-25-41(53)54-5/h6-9,11-16,19-24,39-40,42-49H,1,10,17-18,25-32H2,2-5H3/t39-,40-,42-,43-,44+,45+,46-,47-,48+,49+/m1/s1. The molecule has 16 heteroatoms. The lowest BCUT2D eigenvalue weighted by Crippen LogP contribution is -2.67. The Labute approximate surface area is 380 Å². The monoisotopic (exact) mass is 906 g/mol. The molecule has 0 amide bonds. The number of carbonyl (C=O) groups excluding carboxylic acids is 4. The lowest BCUT2D eigenvalue weighted by Gasteiger charge is -2.49. The maximum absolute atomic E-state index is 12.9. The summed E-state index contributed by atoms with van der Waals surface area (Å²) in [6, 6.07) is 29.0. The van der Waals surface area contributed by atoms with E-state index in [0.29, 0.717) is 19.3 Å². The second-order valence-corrected chi connectivity index (χ2v) is 15.5. The molecule has 2 fully saturated rings. The highest BCUT2D eigenvalue weighted by Crippen LogP contribution is 2.36. The van der Waals surface area contributed by atoms with Crippen molar-refractivity contribution in [3.05, 3.63) is 120 Å². The lowest BCUT2D eigenvalue weighted by molar-refractivity contribution is -0.376. The fourth-order valence-corrected chi connectivity index (χ4v) is 7.42. The molecule has 0 radical (unpaired) electrons. The van der Waals surface area contributed by atoms with E-state index >= 15 is 0 Å². The second kappa shape index (κ2) is 27.4. The highest BCUT2D eigenvalue weighted by Gasteiger charge is 2.56. The van der Waals surface area contributed by atoms with E-state index in [0.717, 1.165) is 16.7 Å². The number of hydrogen-bond acceptors (Lipinski definition) is 16. The van der Waals surface area contributed by atoms with Crippen molar-refractivity contribution in [2.24, 2.45) is 0 Å². The van der Waals surface area contributed by atoms with Crippen LogP contribution in [0.1, 0.15) is 63.1 Å². The normalized spacial score (nSPS) is 25.2. The molecule has 0 N–H and O–H groups in total. The minimum absolute atomic E-state index is 0.0220. The van der Waals surface area contributed by atoms with E-state index in [1.165, 1.54) is 27.9 Å². The predicted molar refractivity (Wildman–Crippen MR) is 232 cm³/mol. The van der Waals surface area contributed by atoms with Gasteiger partial charge in [-0.3, -0.25) is 19.2 Å². The Bertz CT molecular complexity index is 1880. The third-order valence-electron chi connectivity index (χ3n) is 10.4. The average molecular weight is 907 g/mol. The summed E-state index contributed by atoms with van der Waals surface area (Å²) < 4.78 is 74.6. The van der Waals surface area contributed by atoms with Crippen LogP contribution < -0.4 is 0 Å². The van der Waals surface area contributed by atoms with Gasteiger partial charge in [0.1, 0.15) is 37.1 Å². The van der Waals surface area contributed by atoms with Crippen LogP contribution in [0.15, 0.2) is 104 Å². The highest BCUT2D eigenvalue weighted by atomic mass is 16.8. The van der Waals surface area contributed by atoms with Crippen molar-refractivity contribution in [1.82, 2.24) is 0 Å². The van der Waals surface area contributed by atoms with Gasteiger partial charge in [-0.1, -0.05) is 103 Å². The summed E-state index contributed by atoms with van der Waals surface area (Å²) >= 11 is 0. The maximum atomic E-state index is 12.9. The topological polar surface area (TPSA) is 179 Å². The summed E-state index contributed by atoms with van der Waals surface area (Å²) in [5, 5.41) is 0. The molecule has 65 heavy (non-hydrogen) atoms. The zero-order chi connectivity index (χ0) is 46.4. The molecule has 0 aromatic heterocycles. The zero-order valence-corrected chi connectivity index (χ0v) is 37.5. The molecule has 10 atom stereocenters. The van der Waals surface area contributed by atoms with Gasteiger partial charge in [-0.05, 0) is 29.5 Å². The van der Waals surface area contributed by atoms with E-state index in [4.69, 9.17) is 56.8 Å². The van der Waals surface area contributed by atoms with Gasteiger partial charge in [0.05, 0.1) is 40.1 Å². The van der Waals surface area contributed by atoms with Crippen molar-refractivity contribution in [3.8, 4) is 0 Å². The van der Waals surface area contributed by atoms with Crippen LogP contribution in [0, 0.1) is 0 Å². The molecule has 2 heterocycles. The van der Waals surface area contributed by atoms with Crippen LogP contribution in [0.5, 0.6) is 0 Å². The summed E-state index contributed by atoms with van der Waals surface area (Å²) in [4.78, 5) is 49.4. The summed E-state index contributed by atoms with van der Waals surface area (Å²) in [6.45, 7) is 7.90. The van der Waals surface area contributed by atoms with Crippen molar-refractivity contribution in [2.45, 2.75) is 128 Å². The molecule has 0 saturated carbocycles. The molecule has 2 saturated heterocycles. The number of esters is 4. The first-order chi connectivity index (χ1) is 31.6. The van der Waals surface area contributed by atoms with Gasteiger partial charge in [-0.2, -0.15) is 0 Å². The number of rotatable bonds is 26. The van der Waals surface area contributed by atoms with Crippen molar-refractivity contribution < 1.29 is 76.0 Å². The lowest BCUT2D eigenvalue weighted by atomic mass is 9.96. The fraction of sp³-hybridized carbons (Fsp3) is 0.510. The van der Waals surface area contributed by atoms with E-state index in [1.807, 2.05) is 91.0 Å². The van der Waals surface area contributed by atoms with Gasteiger partial charge >= 0.3 is 23.9 Å². The fourth-order valence-electron chi connectivity index (χ4n) is 7.42. The van der Waals surface area contributed by atoms with Crippen LogP contribution in [0.25, 0.3) is 0 Å². The molecule has 2 aliphatic rings. The molecule has 0 bridgehead atoms. The quantitative estimate of drug-likeness (QED) is 0.0399. The first-order valence-electron chi connectivity index (χ1n) is 21.8. The van der Waals surface area contributed by atoms with E-state index in [-0.39, 0.29) is 58.6 Å². The predicted octanol–water partition coefficient (Wildman–Crippen LogP) is 5.96. The van der Waals surface area contributed by atoms with Crippen molar-refractivity contribution in [2.75, 3.05) is 33.5 Å². The number of unbranched alkanes of at least 4 members (excludes halogenated alkanes) is 2. The van der Waals surface area contributed by atoms with Gasteiger partial charge in [0.25, 0.3) is 0 Å². The van der Waals surface area contributed by atoms with Crippen LogP contribution in [-0.2, 0) is 95.8 Å². The third-order valence-corrected chi connectivity index (χ3v) is 10.4. The molecule has 16 nitrogen and oxygen atoms in total. The molecular weight excluding hydrogens is 845 g/mol. The Morgan fingerprint density at radius 2 is 1.12 bits per heavy atom. The Kier molecular flexibility index (Phi) is 21.5. The number of carbonyl (C=O) groups is 4. The minimum atomic E-state index is -1.39. The second-order valence-electron chi connectivity index (χ2n) is 15.5.